The minimum Gasteiger partial charge on any atom is -0.484 e. The fraction of sp³-hybridized carbons (Fsp3) is 0.467. The Bertz CT molecular complexity index is 493. The average molecular weight is 291 g/mol. The van der Waals surface area contributed by atoms with E-state index in [9.17, 15) is 9.59 Å². The topological polar surface area (TPSA) is 75.9 Å². The number of Topliss-reactive ketones (excluding diaryl/α,β-unsaturated/α-hetero) is 1. The van der Waals surface area contributed by atoms with Crippen molar-refractivity contribution in [1.29, 1.82) is 0 Å². The van der Waals surface area contributed by atoms with Gasteiger partial charge in [0, 0.05) is 31.7 Å². The van der Waals surface area contributed by atoms with E-state index in [1.165, 1.54) is 0 Å². The normalized spacial score (nSPS) is 16.6. The predicted molar refractivity (Wildman–Crippen MR) is 79.4 cm³/mol. The minimum atomic E-state index is -0.523. The first kappa shape index (κ1) is 15.5. The smallest absolute Gasteiger partial charge is 0.255 e. The predicted octanol–water partition coefficient (Wildman–Crippen LogP) is -0.0192. The molecular formula is C15H21N3O3. The van der Waals surface area contributed by atoms with E-state index in [4.69, 9.17) is 10.5 Å². The monoisotopic (exact) mass is 291 g/mol. The second kappa shape index (κ2) is 7.19. The van der Waals surface area contributed by atoms with E-state index < -0.39 is 5.91 Å². The van der Waals surface area contributed by atoms with Gasteiger partial charge in [0.05, 0.1) is 6.54 Å². The first-order valence-electron chi connectivity index (χ1n) is 7.00. The second-order valence-corrected chi connectivity index (χ2v) is 5.28. The van der Waals surface area contributed by atoms with Gasteiger partial charge in [0.25, 0.3) is 5.91 Å². The second-order valence-electron chi connectivity index (χ2n) is 5.28. The van der Waals surface area contributed by atoms with E-state index in [1.54, 1.807) is 24.3 Å². The van der Waals surface area contributed by atoms with Crippen LogP contribution in [0.25, 0.3) is 0 Å². The van der Waals surface area contributed by atoms with Crippen LogP contribution in [0.3, 0.4) is 0 Å². The lowest BCUT2D eigenvalue weighted by Crippen LogP contribution is -2.46. The first-order chi connectivity index (χ1) is 10.0. The summed E-state index contributed by atoms with van der Waals surface area (Å²) in [6.07, 6.45) is 0. The molecule has 0 aromatic heterocycles. The summed E-state index contributed by atoms with van der Waals surface area (Å²) in [4.78, 5) is 27.3. The van der Waals surface area contributed by atoms with Crippen molar-refractivity contribution in [2.24, 2.45) is 5.73 Å². The van der Waals surface area contributed by atoms with Crippen molar-refractivity contribution >= 4 is 11.7 Å². The molecule has 0 atom stereocenters. The van der Waals surface area contributed by atoms with E-state index in [1.807, 2.05) is 0 Å². The molecule has 1 heterocycles. The lowest BCUT2D eigenvalue weighted by Gasteiger charge is -2.31. The van der Waals surface area contributed by atoms with E-state index in [0.29, 0.717) is 17.9 Å². The van der Waals surface area contributed by atoms with Gasteiger partial charge in [0.1, 0.15) is 5.75 Å². The molecule has 1 aromatic carbocycles. The van der Waals surface area contributed by atoms with E-state index in [0.717, 1.165) is 26.2 Å². The molecule has 0 bridgehead atoms. The van der Waals surface area contributed by atoms with Gasteiger partial charge in [-0.1, -0.05) is 0 Å². The lowest BCUT2D eigenvalue weighted by atomic mass is 10.1. The number of rotatable bonds is 6. The van der Waals surface area contributed by atoms with Gasteiger partial charge in [-0.05, 0) is 31.3 Å². The van der Waals surface area contributed by atoms with Crippen LogP contribution in [0, 0.1) is 0 Å². The van der Waals surface area contributed by atoms with Gasteiger partial charge in [-0.3, -0.25) is 14.5 Å². The Morgan fingerprint density at radius 2 is 1.76 bits per heavy atom. The first-order valence-corrected chi connectivity index (χ1v) is 7.00. The molecule has 1 aromatic rings. The van der Waals surface area contributed by atoms with E-state index in [-0.39, 0.29) is 12.4 Å². The van der Waals surface area contributed by atoms with Gasteiger partial charge in [-0.15, -0.1) is 0 Å². The summed E-state index contributed by atoms with van der Waals surface area (Å²) >= 11 is 0. The molecule has 0 aliphatic carbocycles. The molecule has 1 aliphatic rings. The molecule has 2 N–H and O–H groups in total. The molecule has 6 heteroatoms. The maximum absolute atomic E-state index is 12.2. The molecule has 1 saturated heterocycles. The molecule has 2 rings (SSSR count). The quantitative estimate of drug-likeness (QED) is 0.746. The molecule has 1 amide bonds. The molecule has 1 aliphatic heterocycles. The van der Waals surface area contributed by atoms with Crippen molar-refractivity contribution in [2.45, 2.75) is 0 Å². The van der Waals surface area contributed by atoms with Crippen LogP contribution in [-0.4, -0.2) is 67.9 Å². The highest BCUT2D eigenvalue weighted by Crippen LogP contribution is 2.13. The van der Waals surface area contributed by atoms with Gasteiger partial charge >= 0.3 is 0 Å². The van der Waals surface area contributed by atoms with Crippen LogP contribution >= 0.6 is 0 Å². The molecule has 0 radical (unpaired) electrons. The van der Waals surface area contributed by atoms with Gasteiger partial charge in [-0.25, -0.2) is 0 Å². The Morgan fingerprint density at radius 3 is 2.33 bits per heavy atom. The van der Waals surface area contributed by atoms with Crippen molar-refractivity contribution in [3.05, 3.63) is 29.8 Å². The number of ether oxygens (including phenoxy) is 1. The lowest BCUT2D eigenvalue weighted by molar-refractivity contribution is -0.119. The van der Waals surface area contributed by atoms with Crippen LogP contribution in [-0.2, 0) is 4.79 Å². The van der Waals surface area contributed by atoms with Gasteiger partial charge in [0.15, 0.2) is 12.4 Å². The fourth-order valence-corrected chi connectivity index (χ4v) is 2.19. The highest BCUT2D eigenvalue weighted by Gasteiger charge is 2.17. The zero-order chi connectivity index (χ0) is 15.2. The Hall–Kier alpha value is -1.92. The highest BCUT2D eigenvalue weighted by atomic mass is 16.5. The number of ketones is 1. The number of nitrogens with zero attached hydrogens (tertiary/aromatic N) is 2. The van der Waals surface area contributed by atoms with Crippen molar-refractivity contribution in [3.63, 3.8) is 0 Å². The third kappa shape index (κ3) is 4.84. The number of nitrogens with two attached hydrogens (primary N) is 1. The Morgan fingerprint density at radius 1 is 1.14 bits per heavy atom. The summed E-state index contributed by atoms with van der Waals surface area (Å²) in [5.74, 6) is 0.108. The Kier molecular flexibility index (Phi) is 5.30. The number of likely N-dealkylation sites (N-methyl/N-ethyl adjacent to an activating group) is 1. The number of amides is 1. The van der Waals surface area contributed by atoms with Crippen molar-refractivity contribution in [2.75, 3.05) is 46.4 Å². The Balaban J connectivity index is 1.86. The van der Waals surface area contributed by atoms with Crippen LogP contribution in [0.1, 0.15) is 10.4 Å². The number of carbonyl (C=O) groups is 2. The molecule has 114 valence electrons. The SMILES string of the molecule is CN1CCN(CC(=O)c2ccc(OCC(N)=O)cc2)CC1. The van der Waals surface area contributed by atoms with Crippen LogP contribution in [0.4, 0.5) is 0 Å². The summed E-state index contributed by atoms with van der Waals surface area (Å²) in [6, 6.07) is 6.80. The minimum absolute atomic E-state index is 0.0982. The third-order valence-electron chi connectivity index (χ3n) is 3.52. The summed E-state index contributed by atoms with van der Waals surface area (Å²) in [7, 11) is 2.09. The maximum atomic E-state index is 12.2. The number of benzene rings is 1. The van der Waals surface area contributed by atoms with Crippen molar-refractivity contribution < 1.29 is 14.3 Å². The van der Waals surface area contributed by atoms with Crippen LogP contribution in [0.5, 0.6) is 5.75 Å². The van der Waals surface area contributed by atoms with Crippen molar-refractivity contribution in [3.8, 4) is 5.75 Å². The van der Waals surface area contributed by atoms with Crippen LogP contribution in [0.15, 0.2) is 24.3 Å². The van der Waals surface area contributed by atoms with Gasteiger partial charge < -0.3 is 15.4 Å². The fourth-order valence-electron chi connectivity index (χ4n) is 2.19. The summed E-state index contributed by atoms with van der Waals surface area (Å²) in [6.45, 7) is 4.11. The molecule has 0 spiro atoms. The summed E-state index contributed by atoms with van der Waals surface area (Å²) < 4.78 is 5.16. The zero-order valence-corrected chi connectivity index (χ0v) is 12.2. The zero-order valence-electron chi connectivity index (χ0n) is 12.2. The number of carbonyl (C=O) groups excluding carboxylic acids is 2. The van der Waals surface area contributed by atoms with Gasteiger partial charge in [0.2, 0.25) is 0 Å². The standard InChI is InChI=1S/C15H21N3O3/c1-17-6-8-18(9-7-17)10-14(19)12-2-4-13(5-3-12)21-11-15(16)20/h2-5H,6-11H2,1H3,(H2,16,20). The van der Waals surface area contributed by atoms with Crippen LogP contribution < -0.4 is 10.5 Å². The van der Waals surface area contributed by atoms with E-state index in [2.05, 4.69) is 16.8 Å². The molecule has 0 saturated carbocycles. The third-order valence-corrected chi connectivity index (χ3v) is 3.52. The number of primary amides is 1. The molecule has 21 heavy (non-hydrogen) atoms. The summed E-state index contributed by atoms with van der Waals surface area (Å²) in [5, 5.41) is 0. The average Bonchev–Trinajstić information content (AvgIpc) is 2.48. The van der Waals surface area contributed by atoms with E-state index >= 15 is 0 Å². The van der Waals surface area contributed by atoms with Gasteiger partial charge in [-0.2, -0.15) is 0 Å². The molecule has 1 fully saturated rings. The maximum Gasteiger partial charge on any atom is 0.255 e. The molecule has 0 unspecified atom stereocenters. The van der Waals surface area contributed by atoms with Crippen molar-refractivity contribution in [1.82, 2.24) is 9.80 Å². The number of piperazine rings is 1. The van der Waals surface area contributed by atoms with Crippen LogP contribution in [0.2, 0.25) is 0 Å². The largest absolute Gasteiger partial charge is 0.484 e. The molecular weight excluding hydrogens is 270 g/mol. The molecule has 6 nitrogen and oxygen atoms in total. The number of hydrogen-bond acceptors (Lipinski definition) is 5. The summed E-state index contributed by atoms with van der Waals surface area (Å²) in [5.41, 5.74) is 5.66. The highest BCUT2D eigenvalue weighted by molar-refractivity contribution is 5.97. The number of hydrogen-bond donors (Lipinski definition) is 1. The Labute approximate surface area is 124 Å².